The van der Waals surface area contributed by atoms with Crippen molar-refractivity contribution in [2.45, 2.75) is 31.1 Å². The summed E-state index contributed by atoms with van der Waals surface area (Å²) >= 11 is 5.83. The number of halogens is 1. The largest absolute Gasteiger partial charge is 0.461 e. The van der Waals surface area contributed by atoms with Gasteiger partial charge in [-0.1, -0.05) is 18.5 Å². The summed E-state index contributed by atoms with van der Waals surface area (Å²) in [5.41, 5.74) is 2.55. The van der Waals surface area contributed by atoms with Crippen molar-refractivity contribution >= 4 is 38.3 Å². The molecule has 1 N–H and O–H groups in total. The number of benzene rings is 2. The van der Waals surface area contributed by atoms with Crippen LogP contribution in [0.4, 0.5) is 5.69 Å². The lowest BCUT2D eigenvalue weighted by Gasteiger charge is -2.16. The van der Waals surface area contributed by atoms with Crippen molar-refractivity contribution in [3.05, 3.63) is 58.8 Å². The Bertz CT molecular complexity index is 1040. The van der Waals surface area contributed by atoms with E-state index in [-0.39, 0.29) is 4.90 Å². The van der Waals surface area contributed by atoms with Crippen LogP contribution in [0.5, 0.6) is 0 Å². The molecule has 1 aromatic heterocycles. The summed E-state index contributed by atoms with van der Waals surface area (Å²) in [6.45, 7) is 2.23. The van der Waals surface area contributed by atoms with Crippen molar-refractivity contribution < 1.29 is 12.8 Å². The van der Waals surface area contributed by atoms with E-state index >= 15 is 0 Å². The van der Waals surface area contributed by atoms with E-state index in [2.05, 4.69) is 11.6 Å². The van der Waals surface area contributed by atoms with Gasteiger partial charge in [-0.25, -0.2) is 8.42 Å². The average Bonchev–Trinajstić information content (AvgIpc) is 2.92. The molecule has 0 radical (unpaired) electrons. The zero-order valence-corrected chi connectivity index (χ0v) is 15.3. The van der Waals surface area contributed by atoms with Gasteiger partial charge in [-0.2, -0.15) is 0 Å². The molecule has 25 heavy (non-hydrogen) atoms. The van der Waals surface area contributed by atoms with Crippen LogP contribution in [0, 0.1) is 5.92 Å². The summed E-state index contributed by atoms with van der Waals surface area (Å²) in [4.78, 5) is 0.180. The number of aryl methyl sites for hydroxylation is 1. The minimum absolute atomic E-state index is 0.180. The number of fused-ring (bicyclic) bond motifs is 3. The Morgan fingerprint density at radius 3 is 2.68 bits per heavy atom. The second-order valence-electron chi connectivity index (χ2n) is 6.62. The maximum atomic E-state index is 12.6. The van der Waals surface area contributed by atoms with Gasteiger partial charge in [0.25, 0.3) is 10.0 Å². The number of hydrogen-bond donors (Lipinski definition) is 1. The second-order valence-corrected chi connectivity index (χ2v) is 8.74. The number of rotatable bonds is 3. The molecule has 1 heterocycles. The SMILES string of the molecule is C[C@H]1CCc2oc3ccc(NS(=O)(=O)c4ccc(Cl)cc4)cc3c2C1. The van der Waals surface area contributed by atoms with Gasteiger partial charge in [-0.3, -0.25) is 4.72 Å². The predicted molar refractivity (Wildman–Crippen MR) is 99.7 cm³/mol. The fourth-order valence-corrected chi connectivity index (χ4v) is 4.52. The van der Waals surface area contributed by atoms with Crippen molar-refractivity contribution in [1.82, 2.24) is 0 Å². The van der Waals surface area contributed by atoms with E-state index in [1.54, 1.807) is 18.2 Å². The van der Waals surface area contributed by atoms with Crippen LogP contribution in [0.3, 0.4) is 0 Å². The van der Waals surface area contributed by atoms with E-state index in [0.717, 1.165) is 36.0 Å². The molecule has 1 aliphatic carbocycles. The molecule has 0 saturated carbocycles. The fourth-order valence-electron chi connectivity index (χ4n) is 3.34. The van der Waals surface area contributed by atoms with Gasteiger partial charge < -0.3 is 4.42 Å². The van der Waals surface area contributed by atoms with Crippen LogP contribution >= 0.6 is 11.6 Å². The van der Waals surface area contributed by atoms with Crippen LogP contribution in [0.25, 0.3) is 11.0 Å². The lowest BCUT2D eigenvalue weighted by Crippen LogP contribution is -2.13. The van der Waals surface area contributed by atoms with Crippen LogP contribution in [0.1, 0.15) is 24.7 Å². The lowest BCUT2D eigenvalue weighted by atomic mass is 9.88. The third kappa shape index (κ3) is 3.14. The Labute approximate surface area is 151 Å². The molecule has 1 aliphatic rings. The maximum absolute atomic E-state index is 12.6. The van der Waals surface area contributed by atoms with Crippen molar-refractivity contribution in [2.24, 2.45) is 5.92 Å². The standard InChI is InChI=1S/C19H18ClNO3S/c1-12-2-8-18-16(10-12)17-11-14(5-9-19(17)24-18)21-25(22,23)15-6-3-13(20)4-7-15/h3-7,9,11-12,21H,2,8,10H2,1H3/t12-/m0/s1. The van der Waals surface area contributed by atoms with Gasteiger partial charge in [0.1, 0.15) is 11.3 Å². The summed E-state index contributed by atoms with van der Waals surface area (Å²) in [6.07, 6.45) is 3.04. The molecule has 3 aromatic rings. The molecule has 0 unspecified atom stereocenters. The Morgan fingerprint density at radius 2 is 1.92 bits per heavy atom. The molecule has 2 aromatic carbocycles. The molecule has 4 nitrogen and oxygen atoms in total. The van der Waals surface area contributed by atoms with E-state index in [9.17, 15) is 8.42 Å². The third-order valence-corrected chi connectivity index (χ3v) is 6.32. The molecule has 4 rings (SSSR count). The molecule has 6 heteroatoms. The van der Waals surface area contributed by atoms with Crippen molar-refractivity contribution in [3.63, 3.8) is 0 Å². The Balaban J connectivity index is 1.70. The Kier molecular flexibility index (Phi) is 4.01. The molecule has 1 atom stereocenters. The number of hydrogen-bond acceptors (Lipinski definition) is 3. The number of nitrogens with one attached hydrogen (secondary N) is 1. The van der Waals surface area contributed by atoms with E-state index in [1.165, 1.54) is 17.7 Å². The first-order valence-electron chi connectivity index (χ1n) is 8.25. The lowest BCUT2D eigenvalue weighted by molar-refractivity contribution is 0.438. The average molecular weight is 376 g/mol. The van der Waals surface area contributed by atoms with Gasteiger partial charge in [-0.15, -0.1) is 0 Å². The highest BCUT2D eigenvalue weighted by Crippen LogP contribution is 2.35. The number of furan rings is 1. The van der Waals surface area contributed by atoms with Crippen LogP contribution in [-0.4, -0.2) is 8.42 Å². The summed E-state index contributed by atoms with van der Waals surface area (Å²) in [7, 11) is -3.65. The molecule has 130 valence electrons. The fraction of sp³-hybridized carbons (Fsp3) is 0.263. The highest BCUT2D eigenvalue weighted by molar-refractivity contribution is 7.92. The Hall–Kier alpha value is -1.98. The highest BCUT2D eigenvalue weighted by atomic mass is 35.5. The van der Waals surface area contributed by atoms with Gasteiger partial charge in [0, 0.05) is 28.1 Å². The normalized spacial score (nSPS) is 17.4. The highest BCUT2D eigenvalue weighted by Gasteiger charge is 2.22. The zero-order valence-electron chi connectivity index (χ0n) is 13.8. The minimum atomic E-state index is -3.65. The predicted octanol–water partition coefficient (Wildman–Crippen LogP) is 5.01. The van der Waals surface area contributed by atoms with Crippen LogP contribution < -0.4 is 4.72 Å². The molecule has 0 saturated heterocycles. The van der Waals surface area contributed by atoms with Gasteiger partial charge in [0.15, 0.2) is 0 Å². The third-order valence-electron chi connectivity index (χ3n) is 4.67. The molecule has 0 aliphatic heterocycles. The van der Waals surface area contributed by atoms with Crippen LogP contribution in [0.2, 0.25) is 5.02 Å². The molecule has 0 fully saturated rings. The number of sulfonamides is 1. The summed E-state index contributed by atoms with van der Waals surface area (Å²) in [5.74, 6) is 1.65. The summed E-state index contributed by atoms with van der Waals surface area (Å²) < 4.78 is 33.7. The van der Waals surface area contributed by atoms with E-state index in [4.69, 9.17) is 16.0 Å². The molecular weight excluding hydrogens is 358 g/mol. The first-order valence-corrected chi connectivity index (χ1v) is 10.1. The van der Waals surface area contributed by atoms with Crippen LogP contribution in [0.15, 0.2) is 51.8 Å². The zero-order chi connectivity index (χ0) is 17.6. The molecule has 0 spiro atoms. The van der Waals surface area contributed by atoms with Gasteiger partial charge in [-0.05, 0) is 61.2 Å². The van der Waals surface area contributed by atoms with E-state index < -0.39 is 10.0 Å². The second kappa shape index (κ2) is 6.07. The summed E-state index contributed by atoms with van der Waals surface area (Å²) in [6, 6.07) is 11.5. The molecule has 0 amide bonds. The quantitative estimate of drug-likeness (QED) is 0.699. The van der Waals surface area contributed by atoms with Crippen LogP contribution in [-0.2, 0) is 22.9 Å². The molecule has 0 bridgehead atoms. The monoisotopic (exact) mass is 375 g/mol. The first kappa shape index (κ1) is 16.5. The number of anilines is 1. The van der Waals surface area contributed by atoms with Gasteiger partial charge in [0.2, 0.25) is 0 Å². The maximum Gasteiger partial charge on any atom is 0.261 e. The van der Waals surface area contributed by atoms with Gasteiger partial charge >= 0.3 is 0 Å². The van der Waals surface area contributed by atoms with E-state index in [0.29, 0.717) is 16.6 Å². The van der Waals surface area contributed by atoms with Crippen molar-refractivity contribution in [3.8, 4) is 0 Å². The summed E-state index contributed by atoms with van der Waals surface area (Å²) in [5, 5.41) is 1.50. The topological polar surface area (TPSA) is 59.3 Å². The van der Waals surface area contributed by atoms with E-state index in [1.807, 2.05) is 12.1 Å². The first-order chi connectivity index (χ1) is 11.9. The van der Waals surface area contributed by atoms with Gasteiger partial charge in [0.05, 0.1) is 4.90 Å². The molecular formula is C19H18ClNO3S. The van der Waals surface area contributed by atoms with Crippen molar-refractivity contribution in [2.75, 3.05) is 4.72 Å². The van der Waals surface area contributed by atoms with Crippen molar-refractivity contribution in [1.29, 1.82) is 0 Å². The minimum Gasteiger partial charge on any atom is -0.461 e. The smallest absolute Gasteiger partial charge is 0.261 e. The Morgan fingerprint density at radius 1 is 1.16 bits per heavy atom.